The third-order valence-electron chi connectivity index (χ3n) is 5.41. The Morgan fingerprint density at radius 2 is 2.04 bits per heavy atom. The summed E-state index contributed by atoms with van der Waals surface area (Å²) >= 11 is 1.48. The molecule has 1 aromatic rings. The lowest BCUT2D eigenvalue weighted by Gasteiger charge is -2.33. The van der Waals surface area contributed by atoms with Crippen molar-refractivity contribution in [1.29, 1.82) is 5.26 Å². The van der Waals surface area contributed by atoms with Gasteiger partial charge in [-0.15, -0.1) is 11.3 Å². The molecule has 148 valence electrons. The van der Waals surface area contributed by atoms with Crippen LogP contribution in [-0.4, -0.2) is 36.6 Å². The average Bonchev–Trinajstić information content (AvgIpc) is 2.79. The first kappa shape index (κ1) is 20.2. The lowest BCUT2D eigenvalue weighted by atomic mass is 9.97. The Morgan fingerprint density at radius 1 is 1.26 bits per heavy atom. The molecule has 2 heterocycles. The summed E-state index contributed by atoms with van der Waals surface area (Å²) in [6, 6.07) is 2.23. The number of piperidine rings is 1. The van der Waals surface area contributed by atoms with Crippen LogP contribution in [0.25, 0.3) is 0 Å². The van der Waals surface area contributed by atoms with Crippen LogP contribution in [0.15, 0.2) is 0 Å². The number of carbonyl (C=O) groups is 1. The van der Waals surface area contributed by atoms with Crippen LogP contribution in [0.1, 0.15) is 54.5 Å². The minimum absolute atomic E-state index is 0.0342. The summed E-state index contributed by atoms with van der Waals surface area (Å²) in [4.78, 5) is 15.2. The fourth-order valence-electron chi connectivity index (χ4n) is 3.92. The summed E-state index contributed by atoms with van der Waals surface area (Å²) in [5.74, 6) is -1.54. The van der Waals surface area contributed by atoms with Crippen LogP contribution in [0.4, 0.5) is 18.2 Å². The Hall–Kier alpha value is -1.59. The number of anilines is 1. The smallest absolute Gasteiger partial charge is 0.317 e. The highest BCUT2D eigenvalue weighted by Crippen LogP contribution is 2.37. The van der Waals surface area contributed by atoms with Gasteiger partial charge in [-0.25, -0.2) is 0 Å². The van der Waals surface area contributed by atoms with E-state index in [0.29, 0.717) is 30.1 Å². The van der Waals surface area contributed by atoms with E-state index in [4.69, 9.17) is 0 Å². The molecule has 1 atom stereocenters. The highest BCUT2D eigenvalue weighted by Gasteiger charge is 2.41. The van der Waals surface area contributed by atoms with Gasteiger partial charge in [0.25, 0.3) is 0 Å². The summed E-state index contributed by atoms with van der Waals surface area (Å²) in [6.45, 7) is 0.871. The zero-order valence-corrected chi connectivity index (χ0v) is 16.0. The van der Waals surface area contributed by atoms with Gasteiger partial charge in [0.15, 0.2) is 0 Å². The highest BCUT2D eigenvalue weighted by atomic mass is 32.1. The first-order valence-electron chi connectivity index (χ1n) is 9.52. The lowest BCUT2D eigenvalue weighted by Crippen LogP contribution is -2.42. The average molecular weight is 399 g/mol. The van der Waals surface area contributed by atoms with Gasteiger partial charge in [0.1, 0.15) is 11.1 Å². The van der Waals surface area contributed by atoms with Gasteiger partial charge in [-0.05, 0) is 50.6 Å². The maximum atomic E-state index is 12.9. The van der Waals surface area contributed by atoms with Crippen molar-refractivity contribution in [2.45, 2.75) is 57.5 Å². The van der Waals surface area contributed by atoms with Crippen molar-refractivity contribution in [3.05, 3.63) is 16.0 Å². The third-order valence-corrected chi connectivity index (χ3v) is 6.62. The van der Waals surface area contributed by atoms with Crippen molar-refractivity contribution < 1.29 is 18.0 Å². The summed E-state index contributed by atoms with van der Waals surface area (Å²) in [7, 11) is 0. The number of nitrogens with zero attached hydrogens (tertiary/aromatic N) is 2. The minimum Gasteiger partial charge on any atom is -0.317 e. The third kappa shape index (κ3) is 5.02. The molecule has 1 fully saturated rings. The molecule has 1 unspecified atom stereocenters. The SMILES string of the molecule is N#Cc1c(NC(=O)CCN2CCCC(C(F)(F)F)C2)sc2c1CCCCC2. The van der Waals surface area contributed by atoms with Crippen molar-refractivity contribution >= 4 is 22.2 Å². The number of nitrogens with one attached hydrogen (secondary N) is 1. The van der Waals surface area contributed by atoms with Crippen molar-refractivity contribution in [1.82, 2.24) is 4.90 Å². The molecule has 1 aliphatic carbocycles. The molecular weight excluding hydrogens is 375 g/mol. The van der Waals surface area contributed by atoms with Gasteiger partial charge in [-0.1, -0.05) is 6.42 Å². The second-order valence-corrected chi connectivity index (χ2v) is 8.47. The topological polar surface area (TPSA) is 56.1 Å². The molecule has 1 amide bonds. The Kier molecular flexibility index (Phi) is 6.43. The molecule has 2 aliphatic rings. The second-order valence-electron chi connectivity index (χ2n) is 7.36. The molecule has 1 N–H and O–H groups in total. The second kappa shape index (κ2) is 8.61. The van der Waals surface area contributed by atoms with E-state index in [0.717, 1.165) is 37.7 Å². The van der Waals surface area contributed by atoms with Gasteiger partial charge in [0, 0.05) is 24.4 Å². The number of fused-ring (bicyclic) bond motifs is 1. The van der Waals surface area contributed by atoms with E-state index in [-0.39, 0.29) is 25.3 Å². The lowest BCUT2D eigenvalue weighted by molar-refractivity contribution is -0.186. The number of likely N-dealkylation sites (tertiary alicyclic amines) is 1. The predicted octanol–water partition coefficient (Wildman–Crippen LogP) is 4.49. The van der Waals surface area contributed by atoms with Gasteiger partial charge in [0.2, 0.25) is 5.91 Å². The van der Waals surface area contributed by atoms with Crippen LogP contribution < -0.4 is 5.32 Å². The Balaban J connectivity index is 1.56. The van der Waals surface area contributed by atoms with E-state index in [1.54, 1.807) is 4.90 Å². The number of hydrogen-bond acceptors (Lipinski definition) is 4. The van der Waals surface area contributed by atoms with Crippen LogP contribution in [0, 0.1) is 17.2 Å². The van der Waals surface area contributed by atoms with Crippen molar-refractivity contribution in [3.63, 3.8) is 0 Å². The van der Waals surface area contributed by atoms with E-state index in [2.05, 4.69) is 11.4 Å². The van der Waals surface area contributed by atoms with E-state index in [9.17, 15) is 23.2 Å². The summed E-state index contributed by atoms with van der Waals surface area (Å²) in [6.07, 6.45) is 1.76. The van der Waals surface area contributed by atoms with Crippen LogP contribution >= 0.6 is 11.3 Å². The van der Waals surface area contributed by atoms with Crippen molar-refractivity contribution in [2.75, 3.05) is 25.0 Å². The number of aryl methyl sites for hydroxylation is 1. The largest absolute Gasteiger partial charge is 0.393 e. The van der Waals surface area contributed by atoms with Gasteiger partial charge >= 0.3 is 6.18 Å². The standard InChI is InChI=1S/C19H24F3N3OS/c20-19(21,22)13-5-4-9-25(12-13)10-8-17(26)24-18-15(11-23)14-6-2-1-3-7-16(14)27-18/h13H,1-10,12H2,(H,24,26). The minimum atomic E-state index is -4.17. The molecule has 3 rings (SSSR count). The van der Waals surface area contributed by atoms with Gasteiger partial charge in [0.05, 0.1) is 11.5 Å². The van der Waals surface area contributed by atoms with E-state index >= 15 is 0 Å². The van der Waals surface area contributed by atoms with E-state index in [1.807, 2.05) is 0 Å². The zero-order chi connectivity index (χ0) is 19.4. The molecule has 0 saturated carbocycles. The first-order valence-corrected chi connectivity index (χ1v) is 10.3. The van der Waals surface area contributed by atoms with Crippen LogP contribution in [-0.2, 0) is 17.6 Å². The quantitative estimate of drug-likeness (QED) is 0.759. The Labute approximate surface area is 161 Å². The fourth-order valence-corrected chi connectivity index (χ4v) is 5.18. The number of nitriles is 1. The normalized spacial score (nSPS) is 21.2. The molecule has 0 bridgehead atoms. The number of thiophene rings is 1. The number of amides is 1. The van der Waals surface area contributed by atoms with E-state index < -0.39 is 12.1 Å². The molecule has 1 aliphatic heterocycles. The van der Waals surface area contributed by atoms with Crippen molar-refractivity contribution in [2.24, 2.45) is 5.92 Å². The highest BCUT2D eigenvalue weighted by molar-refractivity contribution is 7.16. The molecule has 0 spiro atoms. The molecule has 4 nitrogen and oxygen atoms in total. The molecule has 0 radical (unpaired) electrons. The molecular formula is C19H24F3N3OS. The molecule has 1 aromatic heterocycles. The summed E-state index contributed by atoms with van der Waals surface area (Å²) < 4.78 is 38.7. The molecule has 8 heteroatoms. The Morgan fingerprint density at radius 3 is 2.78 bits per heavy atom. The number of carbonyl (C=O) groups excluding carboxylic acids is 1. The summed E-state index contributed by atoms with van der Waals surface area (Å²) in [5.41, 5.74) is 1.64. The van der Waals surface area contributed by atoms with Crippen LogP contribution in [0.5, 0.6) is 0 Å². The van der Waals surface area contributed by atoms with Crippen LogP contribution in [0.3, 0.4) is 0 Å². The van der Waals surface area contributed by atoms with E-state index in [1.165, 1.54) is 16.2 Å². The summed E-state index contributed by atoms with van der Waals surface area (Å²) in [5, 5.41) is 12.9. The van der Waals surface area contributed by atoms with Gasteiger partial charge in [-0.2, -0.15) is 18.4 Å². The first-order chi connectivity index (χ1) is 12.9. The molecule has 1 saturated heterocycles. The monoisotopic (exact) mass is 399 g/mol. The predicted molar refractivity (Wildman–Crippen MR) is 98.8 cm³/mol. The molecule has 0 aromatic carbocycles. The number of hydrogen-bond donors (Lipinski definition) is 1. The number of alkyl halides is 3. The maximum Gasteiger partial charge on any atom is 0.393 e. The number of rotatable bonds is 4. The van der Waals surface area contributed by atoms with Crippen molar-refractivity contribution in [3.8, 4) is 6.07 Å². The fraction of sp³-hybridized carbons (Fsp3) is 0.684. The zero-order valence-electron chi connectivity index (χ0n) is 15.2. The number of halogens is 3. The van der Waals surface area contributed by atoms with Crippen LogP contribution in [0.2, 0.25) is 0 Å². The molecule has 27 heavy (non-hydrogen) atoms. The maximum absolute atomic E-state index is 12.9. The Bertz CT molecular complexity index is 723. The van der Waals surface area contributed by atoms with Gasteiger partial charge in [-0.3, -0.25) is 4.79 Å². The van der Waals surface area contributed by atoms with Gasteiger partial charge < -0.3 is 10.2 Å².